The number of rotatable bonds is 19. The van der Waals surface area contributed by atoms with E-state index in [0.29, 0.717) is 0 Å². The summed E-state index contributed by atoms with van der Waals surface area (Å²) in [5.74, 6) is -5.93. The third-order valence-corrected chi connectivity index (χ3v) is 5.80. The van der Waals surface area contributed by atoms with Crippen LogP contribution in [0.15, 0.2) is 0 Å². The topological polar surface area (TPSA) is 284 Å². The summed E-state index contributed by atoms with van der Waals surface area (Å²) in [6, 6.07) is -5.32. The standard InChI is InChI=1S/C24H41N5O12/c1-10(2)21(36)29-15(8-30)19(18(34)16(32)9-31)41-13(5)23(38)27-11(3)22(37)28-14(20(25)35)6-7-17(33)26-12(4)24(39)40/h8,10-16,18-19,31-32,34H,6-7,9H2,1-5H3,(H2,25,35)(H,26,33)(H,27,38)(H,28,37)(H,29,36)(H,39,40)/t11?,12?,13?,14?,15-,16+,18+,19+/m0/s1. The number of carbonyl (C=O) groups excluding carboxylic acids is 6. The molecule has 17 heteroatoms. The molecular weight excluding hydrogens is 550 g/mol. The maximum Gasteiger partial charge on any atom is 0.325 e. The molecule has 0 radical (unpaired) electrons. The van der Waals surface area contributed by atoms with E-state index in [1.807, 2.05) is 0 Å². The van der Waals surface area contributed by atoms with Crippen molar-refractivity contribution in [2.45, 2.75) is 96.0 Å². The highest BCUT2D eigenvalue weighted by molar-refractivity contribution is 5.92. The molecule has 0 saturated heterocycles. The Morgan fingerprint density at radius 2 is 1.44 bits per heavy atom. The van der Waals surface area contributed by atoms with Gasteiger partial charge in [-0.2, -0.15) is 0 Å². The highest BCUT2D eigenvalue weighted by Gasteiger charge is 2.37. The number of hydrogen-bond acceptors (Lipinski definition) is 11. The molecule has 0 aliphatic rings. The van der Waals surface area contributed by atoms with E-state index in [1.165, 1.54) is 34.6 Å². The summed E-state index contributed by atoms with van der Waals surface area (Å²) in [6.07, 6.45) is -7.24. The van der Waals surface area contributed by atoms with Gasteiger partial charge >= 0.3 is 5.97 Å². The molecule has 234 valence electrons. The molecule has 0 bridgehead atoms. The molecule has 0 fully saturated rings. The first-order valence-electron chi connectivity index (χ1n) is 12.8. The van der Waals surface area contributed by atoms with Crippen molar-refractivity contribution in [3.05, 3.63) is 0 Å². The second kappa shape index (κ2) is 17.9. The lowest BCUT2D eigenvalue weighted by atomic mass is 10.0. The zero-order valence-corrected chi connectivity index (χ0v) is 23.5. The summed E-state index contributed by atoms with van der Waals surface area (Å²) < 4.78 is 5.47. The number of carbonyl (C=O) groups is 7. The highest BCUT2D eigenvalue weighted by atomic mass is 16.5. The SMILES string of the molecule is CC(C)C(=O)N[C@@H](C=O)[C@@H](OC(C)C(=O)NC(C)C(=O)NC(CCC(=O)NC(C)C(=O)O)C(N)=O)[C@H](O)[C@H](O)CO. The third-order valence-electron chi connectivity index (χ3n) is 5.80. The summed E-state index contributed by atoms with van der Waals surface area (Å²) in [5.41, 5.74) is 5.28. The molecule has 0 aromatic rings. The average molecular weight is 592 g/mol. The van der Waals surface area contributed by atoms with Crippen LogP contribution in [0.3, 0.4) is 0 Å². The summed E-state index contributed by atoms with van der Waals surface area (Å²) in [4.78, 5) is 83.5. The fourth-order valence-corrected chi connectivity index (χ4v) is 3.16. The lowest BCUT2D eigenvalue weighted by Crippen LogP contribution is -2.58. The van der Waals surface area contributed by atoms with Gasteiger partial charge in [-0.15, -0.1) is 0 Å². The molecule has 41 heavy (non-hydrogen) atoms. The number of ether oxygens (including phenoxy) is 1. The minimum absolute atomic E-state index is 0.228. The van der Waals surface area contributed by atoms with E-state index in [1.54, 1.807) is 0 Å². The van der Waals surface area contributed by atoms with Gasteiger partial charge in [-0.25, -0.2) is 0 Å². The van der Waals surface area contributed by atoms with E-state index in [4.69, 9.17) is 15.6 Å². The predicted octanol–water partition coefficient (Wildman–Crippen LogP) is -4.34. The van der Waals surface area contributed by atoms with Crippen LogP contribution in [0.25, 0.3) is 0 Å². The Balaban J connectivity index is 5.36. The maximum absolute atomic E-state index is 12.7. The van der Waals surface area contributed by atoms with Crippen LogP contribution in [0, 0.1) is 5.92 Å². The fourth-order valence-electron chi connectivity index (χ4n) is 3.16. The Kier molecular flexibility index (Phi) is 16.3. The molecular formula is C24H41N5O12. The van der Waals surface area contributed by atoms with Gasteiger partial charge in [-0.1, -0.05) is 13.8 Å². The number of hydrogen-bond donors (Lipinski definition) is 9. The quantitative estimate of drug-likeness (QED) is 0.0644. The van der Waals surface area contributed by atoms with Gasteiger partial charge in [0.15, 0.2) is 0 Å². The van der Waals surface area contributed by atoms with Crippen LogP contribution in [-0.2, 0) is 38.3 Å². The largest absolute Gasteiger partial charge is 0.480 e. The summed E-state index contributed by atoms with van der Waals surface area (Å²) in [5, 5.41) is 47.4. The van der Waals surface area contributed by atoms with Crippen LogP contribution >= 0.6 is 0 Å². The summed E-state index contributed by atoms with van der Waals surface area (Å²) in [7, 11) is 0. The van der Waals surface area contributed by atoms with Gasteiger partial charge in [0.2, 0.25) is 29.5 Å². The predicted molar refractivity (Wildman–Crippen MR) is 139 cm³/mol. The van der Waals surface area contributed by atoms with Crippen LogP contribution < -0.4 is 27.0 Å². The number of nitrogens with one attached hydrogen (secondary N) is 4. The van der Waals surface area contributed by atoms with Crippen LogP contribution in [-0.4, -0.2) is 117 Å². The summed E-state index contributed by atoms with van der Waals surface area (Å²) in [6.45, 7) is 5.82. The van der Waals surface area contributed by atoms with Crippen molar-refractivity contribution < 1.29 is 58.7 Å². The lowest BCUT2D eigenvalue weighted by Gasteiger charge is -2.32. The van der Waals surface area contributed by atoms with Gasteiger partial charge in [0.05, 0.1) is 6.61 Å². The Morgan fingerprint density at radius 3 is 1.90 bits per heavy atom. The van der Waals surface area contributed by atoms with Crippen molar-refractivity contribution in [1.29, 1.82) is 0 Å². The van der Waals surface area contributed by atoms with Gasteiger partial charge in [-0.3, -0.25) is 28.8 Å². The number of carboxylic acid groups (broad SMARTS) is 1. The fraction of sp³-hybridized carbons (Fsp3) is 0.708. The maximum atomic E-state index is 12.7. The van der Waals surface area contributed by atoms with Gasteiger partial charge < -0.3 is 57.0 Å². The number of carboxylic acids is 1. The van der Waals surface area contributed by atoms with E-state index in [9.17, 15) is 48.9 Å². The molecule has 0 heterocycles. The van der Waals surface area contributed by atoms with Crippen molar-refractivity contribution >= 4 is 41.8 Å². The Morgan fingerprint density at radius 1 is 0.854 bits per heavy atom. The van der Waals surface area contributed by atoms with Crippen molar-refractivity contribution in [3.63, 3.8) is 0 Å². The number of aliphatic hydroxyl groups excluding tert-OH is 3. The van der Waals surface area contributed by atoms with E-state index >= 15 is 0 Å². The molecule has 4 unspecified atom stereocenters. The molecule has 10 N–H and O–H groups in total. The lowest BCUT2D eigenvalue weighted by molar-refractivity contribution is -0.158. The smallest absolute Gasteiger partial charge is 0.325 e. The number of amides is 5. The number of aliphatic hydroxyl groups is 3. The molecule has 5 amide bonds. The van der Waals surface area contributed by atoms with E-state index < -0.39 is 96.6 Å². The zero-order valence-electron chi connectivity index (χ0n) is 23.5. The molecule has 0 aliphatic heterocycles. The first kappa shape index (κ1) is 37.3. The third kappa shape index (κ3) is 13.0. The molecule has 0 saturated carbocycles. The van der Waals surface area contributed by atoms with Gasteiger partial charge in [0.25, 0.3) is 0 Å². The van der Waals surface area contributed by atoms with E-state index in [2.05, 4.69) is 21.3 Å². The number of aldehydes is 1. The van der Waals surface area contributed by atoms with Crippen molar-refractivity contribution in [1.82, 2.24) is 21.3 Å². The van der Waals surface area contributed by atoms with E-state index in [0.717, 1.165) is 0 Å². The zero-order chi connectivity index (χ0) is 32.0. The van der Waals surface area contributed by atoms with Gasteiger partial charge in [0.1, 0.15) is 54.9 Å². The normalized spacial score (nSPS) is 17.0. The Bertz CT molecular complexity index is 946. The number of primary amides is 1. The highest BCUT2D eigenvalue weighted by Crippen LogP contribution is 2.13. The van der Waals surface area contributed by atoms with Crippen molar-refractivity contribution in [2.24, 2.45) is 11.7 Å². The van der Waals surface area contributed by atoms with Crippen LogP contribution in [0.2, 0.25) is 0 Å². The first-order chi connectivity index (χ1) is 19.0. The summed E-state index contributed by atoms with van der Waals surface area (Å²) >= 11 is 0. The number of nitrogens with two attached hydrogens (primary N) is 1. The van der Waals surface area contributed by atoms with Crippen LogP contribution in [0.5, 0.6) is 0 Å². The minimum Gasteiger partial charge on any atom is -0.480 e. The monoisotopic (exact) mass is 591 g/mol. The second-order valence-corrected chi connectivity index (χ2v) is 9.67. The molecule has 0 spiro atoms. The van der Waals surface area contributed by atoms with E-state index in [-0.39, 0.29) is 19.1 Å². The second-order valence-electron chi connectivity index (χ2n) is 9.67. The van der Waals surface area contributed by atoms with Gasteiger partial charge in [0, 0.05) is 12.3 Å². The first-order valence-corrected chi connectivity index (χ1v) is 12.8. The molecule has 0 rings (SSSR count). The van der Waals surface area contributed by atoms with Crippen molar-refractivity contribution in [2.75, 3.05) is 6.61 Å². The molecule has 0 aliphatic carbocycles. The van der Waals surface area contributed by atoms with Crippen molar-refractivity contribution in [3.8, 4) is 0 Å². The average Bonchev–Trinajstić information content (AvgIpc) is 2.90. The Hall–Kier alpha value is -3.67. The molecule has 0 aromatic heterocycles. The molecule has 0 aromatic carbocycles. The molecule has 8 atom stereocenters. The Labute approximate surface area is 236 Å². The number of aliphatic carboxylic acids is 1. The van der Waals surface area contributed by atoms with Gasteiger partial charge in [-0.05, 0) is 27.2 Å². The minimum atomic E-state index is -1.91. The van der Waals surface area contributed by atoms with Crippen LogP contribution in [0.1, 0.15) is 47.5 Å². The van der Waals surface area contributed by atoms with Crippen LogP contribution in [0.4, 0.5) is 0 Å². The molecule has 17 nitrogen and oxygen atoms in total.